The molecule has 0 aliphatic carbocycles. The summed E-state index contributed by atoms with van der Waals surface area (Å²) in [5.41, 5.74) is 1.97. The zero-order valence-electron chi connectivity index (χ0n) is 13.3. The van der Waals surface area contributed by atoms with Crippen molar-refractivity contribution in [2.75, 3.05) is 18.4 Å². The minimum atomic E-state index is -0.00286. The number of likely N-dealkylation sites (tertiary alicyclic amines) is 1. The normalized spacial score (nSPS) is 18.3. The van der Waals surface area contributed by atoms with Crippen LogP contribution in [0.15, 0.2) is 48.5 Å². The summed E-state index contributed by atoms with van der Waals surface area (Å²) in [7, 11) is 0. The zero-order valence-corrected chi connectivity index (χ0v) is 14.9. The van der Waals surface area contributed by atoms with Gasteiger partial charge in [-0.05, 0) is 43.1 Å². The Bertz CT molecular complexity index is 706. The molecule has 1 unspecified atom stereocenters. The molecule has 0 aromatic heterocycles. The lowest BCUT2D eigenvalue weighted by atomic mass is 9.96. The lowest BCUT2D eigenvalue weighted by molar-refractivity contribution is -0.121. The quantitative estimate of drug-likeness (QED) is 0.843. The van der Waals surface area contributed by atoms with Crippen LogP contribution in [0.3, 0.4) is 0 Å². The van der Waals surface area contributed by atoms with Crippen LogP contribution in [-0.4, -0.2) is 23.9 Å². The Morgan fingerprint density at radius 3 is 2.67 bits per heavy atom. The highest BCUT2D eigenvalue weighted by atomic mass is 35.5. The van der Waals surface area contributed by atoms with Crippen LogP contribution in [-0.2, 0) is 11.3 Å². The summed E-state index contributed by atoms with van der Waals surface area (Å²) in [6, 6.07) is 15.5. The summed E-state index contributed by atoms with van der Waals surface area (Å²) in [6.45, 7) is 2.70. The van der Waals surface area contributed by atoms with Crippen LogP contribution < -0.4 is 5.32 Å². The van der Waals surface area contributed by atoms with Gasteiger partial charge in [-0.3, -0.25) is 9.69 Å². The van der Waals surface area contributed by atoms with E-state index >= 15 is 0 Å². The SMILES string of the molecule is O=C(Nc1ccc(Cl)c(Cl)c1)C1CCCN(Cc2ccccc2)C1. The molecule has 1 N–H and O–H groups in total. The van der Waals surface area contributed by atoms with Crippen LogP contribution in [0.1, 0.15) is 18.4 Å². The average molecular weight is 363 g/mol. The maximum atomic E-state index is 12.5. The molecule has 1 aliphatic heterocycles. The monoisotopic (exact) mass is 362 g/mol. The van der Waals surface area contributed by atoms with Gasteiger partial charge in [-0.1, -0.05) is 53.5 Å². The van der Waals surface area contributed by atoms with Crippen molar-refractivity contribution in [3.05, 3.63) is 64.1 Å². The predicted molar refractivity (Wildman–Crippen MR) is 99.5 cm³/mol. The molecule has 1 aliphatic rings. The Kier molecular flexibility index (Phi) is 5.77. The number of carbonyl (C=O) groups is 1. The zero-order chi connectivity index (χ0) is 16.9. The first-order chi connectivity index (χ1) is 11.6. The molecule has 0 radical (unpaired) electrons. The molecule has 0 bridgehead atoms. The van der Waals surface area contributed by atoms with Gasteiger partial charge in [0.05, 0.1) is 16.0 Å². The van der Waals surface area contributed by atoms with E-state index in [0.717, 1.165) is 32.5 Å². The summed E-state index contributed by atoms with van der Waals surface area (Å²) in [5, 5.41) is 3.89. The number of piperidine rings is 1. The second-order valence-electron chi connectivity index (χ2n) is 6.18. The molecule has 1 saturated heterocycles. The lowest BCUT2D eigenvalue weighted by Crippen LogP contribution is -2.40. The van der Waals surface area contributed by atoms with E-state index < -0.39 is 0 Å². The van der Waals surface area contributed by atoms with Crippen molar-refractivity contribution in [1.29, 1.82) is 0 Å². The molecule has 0 spiro atoms. The summed E-state index contributed by atoms with van der Waals surface area (Å²) in [4.78, 5) is 14.9. The van der Waals surface area contributed by atoms with Crippen molar-refractivity contribution < 1.29 is 4.79 Å². The van der Waals surface area contributed by atoms with Gasteiger partial charge in [0.1, 0.15) is 0 Å². The van der Waals surface area contributed by atoms with Crippen molar-refractivity contribution in [1.82, 2.24) is 4.90 Å². The van der Waals surface area contributed by atoms with Crippen molar-refractivity contribution in [2.45, 2.75) is 19.4 Å². The van der Waals surface area contributed by atoms with Gasteiger partial charge >= 0.3 is 0 Å². The summed E-state index contributed by atoms with van der Waals surface area (Å²) in [5.74, 6) is 0.0445. The second kappa shape index (κ2) is 8.02. The van der Waals surface area contributed by atoms with E-state index in [1.54, 1.807) is 18.2 Å². The third kappa shape index (κ3) is 4.50. The average Bonchev–Trinajstić information content (AvgIpc) is 2.59. The van der Waals surface area contributed by atoms with Crippen LogP contribution in [0.2, 0.25) is 10.0 Å². The molecule has 2 aromatic carbocycles. The van der Waals surface area contributed by atoms with Crippen molar-refractivity contribution in [3.8, 4) is 0 Å². The van der Waals surface area contributed by atoms with Gasteiger partial charge in [0, 0.05) is 18.8 Å². The minimum absolute atomic E-state index is 0.00286. The molecule has 1 heterocycles. The smallest absolute Gasteiger partial charge is 0.228 e. The largest absolute Gasteiger partial charge is 0.326 e. The molecule has 3 rings (SSSR count). The molecular weight excluding hydrogens is 343 g/mol. The van der Waals surface area contributed by atoms with E-state index in [9.17, 15) is 4.79 Å². The number of hydrogen-bond acceptors (Lipinski definition) is 2. The molecule has 1 fully saturated rings. The van der Waals surface area contributed by atoms with Crippen LogP contribution in [0.25, 0.3) is 0 Å². The fourth-order valence-electron chi connectivity index (χ4n) is 3.07. The predicted octanol–water partition coefficient (Wildman–Crippen LogP) is 4.84. The third-order valence-corrected chi connectivity index (χ3v) is 5.05. The highest BCUT2D eigenvalue weighted by Gasteiger charge is 2.25. The number of carbonyl (C=O) groups excluding carboxylic acids is 1. The van der Waals surface area contributed by atoms with Crippen LogP contribution >= 0.6 is 23.2 Å². The number of rotatable bonds is 4. The molecular formula is C19H20Cl2N2O. The Morgan fingerprint density at radius 2 is 1.92 bits per heavy atom. The van der Waals surface area contributed by atoms with E-state index in [2.05, 4.69) is 22.3 Å². The Balaban J connectivity index is 1.59. The maximum Gasteiger partial charge on any atom is 0.228 e. The third-order valence-electron chi connectivity index (χ3n) is 4.31. The molecule has 2 aromatic rings. The van der Waals surface area contributed by atoms with Crippen molar-refractivity contribution in [2.24, 2.45) is 5.92 Å². The molecule has 3 nitrogen and oxygen atoms in total. The highest BCUT2D eigenvalue weighted by Crippen LogP contribution is 2.26. The minimum Gasteiger partial charge on any atom is -0.326 e. The fourth-order valence-corrected chi connectivity index (χ4v) is 3.37. The van der Waals surface area contributed by atoms with Gasteiger partial charge in [0.15, 0.2) is 0 Å². The van der Waals surface area contributed by atoms with E-state index in [-0.39, 0.29) is 11.8 Å². The number of benzene rings is 2. The number of anilines is 1. The number of nitrogens with zero attached hydrogens (tertiary/aromatic N) is 1. The number of halogens is 2. The molecule has 1 atom stereocenters. The van der Waals surface area contributed by atoms with E-state index in [1.165, 1.54) is 5.56 Å². The van der Waals surface area contributed by atoms with E-state index in [0.29, 0.717) is 15.7 Å². The van der Waals surface area contributed by atoms with Crippen molar-refractivity contribution >= 4 is 34.8 Å². The first kappa shape index (κ1) is 17.3. The number of hydrogen-bond donors (Lipinski definition) is 1. The highest BCUT2D eigenvalue weighted by molar-refractivity contribution is 6.42. The summed E-state index contributed by atoms with van der Waals surface area (Å²) >= 11 is 11.9. The Morgan fingerprint density at radius 1 is 1.12 bits per heavy atom. The topological polar surface area (TPSA) is 32.3 Å². The first-order valence-corrected chi connectivity index (χ1v) is 8.89. The molecule has 24 heavy (non-hydrogen) atoms. The van der Waals surface area contributed by atoms with Crippen molar-refractivity contribution in [3.63, 3.8) is 0 Å². The van der Waals surface area contributed by atoms with Crippen LogP contribution in [0.5, 0.6) is 0 Å². The molecule has 126 valence electrons. The maximum absolute atomic E-state index is 12.5. The van der Waals surface area contributed by atoms with Gasteiger partial charge in [-0.15, -0.1) is 0 Å². The van der Waals surface area contributed by atoms with E-state index in [4.69, 9.17) is 23.2 Å². The Labute approximate surface area is 152 Å². The second-order valence-corrected chi connectivity index (χ2v) is 6.99. The molecule has 5 heteroatoms. The van der Waals surface area contributed by atoms with Gasteiger partial charge in [0.2, 0.25) is 5.91 Å². The number of amides is 1. The first-order valence-electron chi connectivity index (χ1n) is 8.14. The van der Waals surface area contributed by atoms with Gasteiger partial charge in [-0.25, -0.2) is 0 Å². The van der Waals surface area contributed by atoms with E-state index in [1.807, 2.05) is 18.2 Å². The summed E-state index contributed by atoms with van der Waals surface area (Å²) in [6.07, 6.45) is 1.95. The van der Waals surface area contributed by atoms with Gasteiger partial charge in [-0.2, -0.15) is 0 Å². The van der Waals surface area contributed by atoms with Crippen LogP contribution in [0.4, 0.5) is 5.69 Å². The number of nitrogens with one attached hydrogen (secondary N) is 1. The van der Waals surface area contributed by atoms with Gasteiger partial charge < -0.3 is 5.32 Å². The van der Waals surface area contributed by atoms with Crippen LogP contribution in [0, 0.1) is 5.92 Å². The Hall–Kier alpha value is -1.55. The lowest BCUT2D eigenvalue weighted by Gasteiger charge is -2.32. The standard InChI is InChI=1S/C19H20Cl2N2O/c20-17-9-8-16(11-18(17)21)22-19(24)15-7-4-10-23(13-15)12-14-5-2-1-3-6-14/h1-3,5-6,8-9,11,15H,4,7,10,12-13H2,(H,22,24). The fraction of sp³-hybridized carbons (Fsp3) is 0.316. The molecule has 0 saturated carbocycles. The van der Waals surface area contributed by atoms with Gasteiger partial charge in [0.25, 0.3) is 0 Å². The summed E-state index contributed by atoms with van der Waals surface area (Å²) < 4.78 is 0. The molecule has 1 amide bonds.